The van der Waals surface area contributed by atoms with Gasteiger partial charge < -0.3 is 9.47 Å². The Labute approximate surface area is 114 Å². The van der Waals surface area contributed by atoms with E-state index in [0.29, 0.717) is 4.64 Å². The molecule has 1 N–H and O–H groups in total. The van der Waals surface area contributed by atoms with E-state index in [0.717, 1.165) is 5.56 Å². The predicted octanol–water partition coefficient (Wildman–Crippen LogP) is 1.23. The van der Waals surface area contributed by atoms with Crippen LogP contribution in [-0.2, 0) is 14.3 Å². The van der Waals surface area contributed by atoms with Gasteiger partial charge in [0.25, 0.3) is 0 Å². The molecule has 1 aromatic rings. The van der Waals surface area contributed by atoms with Crippen LogP contribution in [0.2, 0.25) is 0 Å². The summed E-state index contributed by atoms with van der Waals surface area (Å²) in [7, 11) is 0. The summed E-state index contributed by atoms with van der Waals surface area (Å²) in [5.41, 5.74) is 0.452. The number of hydrogen-bond donors (Lipinski definition) is 1. The fraction of sp³-hybridized carbons (Fsp3) is 0.417. The van der Waals surface area contributed by atoms with Crippen LogP contribution < -0.4 is 5.69 Å². The highest BCUT2D eigenvalue weighted by molar-refractivity contribution is 7.71. The third kappa shape index (κ3) is 3.18. The first kappa shape index (κ1) is 13.7. The Hall–Kier alpha value is -1.73. The second-order valence-electron chi connectivity index (χ2n) is 4.23. The lowest BCUT2D eigenvalue weighted by Gasteiger charge is -2.16. The molecule has 1 aromatic heterocycles. The Kier molecular flexibility index (Phi) is 3.96. The average molecular weight is 282 g/mol. The summed E-state index contributed by atoms with van der Waals surface area (Å²) >= 11 is 4.98. The summed E-state index contributed by atoms with van der Waals surface area (Å²) in [4.78, 5) is 25.1. The van der Waals surface area contributed by atoms with Crippen molar-refractivity contribution < 1.29 is 14.3 Å². The van der Waals surface area contributed by atoms with Crippen molar-refractivity contribution in [2.45, 2.75) is 26.2 Å². The molecular weight excluding hydrogens is 268 g/mol. The topological polar surface area (TPSA) is 73.3 Å². The maximum Gasteiger partial charge on any atom is 0.328 e. The van der Waals surface area contributed by atoms with E-state index in [1.165, 1.54) is 11.5 Å². The second-order valence-corrected chi connectivity index (χ2v) is 4.64. The molecule has 0 fully saturated rings. The number of rotatable bonds is 3. The van der Waals surface area contributed by atoms with Crippen LogP contribution in [-0.4, -0.2) is 28.2 Å². The van der Waals surface area contributed by atoms with Crippen LogP contribution in [0.4, 0.5) is 0 Å². The van der Waals surface area contributed by atoms with E-state index < -0.39 is 6.23 Å². The first-order chi connectivity index (χ1) is 8.97. The van der Waals surface area contributed by atoms with Crippen molar-refractivity contribution in [3.05, 3.63) is 39.0 Å². The van der Waals surface area contributed by atoms with Crippen LogP contribution in [0.15, 0.2) is 23.1 Å². The van der Waals surface area contributed by atoms with Crippen LogP contribution in [0.1, 0.15) is 18.7 Å². The maximum atomic E-state index is 11.8. The molecule has 1 aliphatic rings. The normalized spacial score (nSPS) is 21.6. The third-order valence-corrected chi connectivity index (χ3v) is 3.10. The van der Waals surface area contributed by atoms with Gasteiger partial charge >= 0.3 is 11.7 Å². The Bertz CT molecular complexity index is 631. The SMILES string of the molecule is CC(=O)OC[C@@H]1C=C[C@H](n2cc(C)c(=S)[nH]c2=O)O1. The molecule has 0 bridgehead atoms. The molecule has 2 rings (SSSR count). The van der Waals surface area contributed by atoms with E-state index in [4.69, 9.17) is 21.7 Å². The van der Waals surface area contributed by atoms with Gasteiger partial charge in [0.15, 0.2) is 6.23 Å². The van der Waals surface area contributed by atoms with Crippen molar-refractivity contribution in [1.29, 1.82) is 0 Å². The van der Waals surface area contributed by atoms with E-state index in [2.05, 4.69) is 4.98 Å². The van der Waals surface area contributed by atoms with Crippen molar-refractivity contribution in [3.8, 4) is 0 Å². The average Bonchev–Trinajstić information content (AvgIpc) is 2.80. The minimum absolute atomic E-state index is 0.138. The zero-order chi connectivity index (χ0) is 14.0. The van der Waals surface area contributed by atoms with Gasteiger partial charge in [-0.25, -0.2) is 4.79 Å². The van der Waals surface area contributed by atoms with Crippen LogP contribution in [0.3, 0.4) is 0 Å². The molecule has 0 aromatic carbocycles. The van der Waals surface area contributed by atoms with Gasteiger partial charge in [-0.05, 0) is 13.0 Å². The summed E-state index contributed by atoms with van der Waals surface area (Å²) in [6, 6.07) is 0. The van der Waals surface area contributed by atoms with Crippen molar-refractivity contribution >= 4 is 18.2 Å². The van der Waals surface area contributed by atoms with Crippen LogP contribution in [0.5, 0.6) is 0 Å². The molecule has 2 heterocycles. The molecular formula is C12H14N2O4S. The van der Waals surface area contributed by atoms with E-state index >= 15 is 0 Å². The van der Waals surface area contributed by atoms with Gasteiger partial charge in [0.05, 0.1) is 0 Å². The molecule has 0 spiro atoms. The van der Waals surface area contributed by atoms with Crippen LogP contribution >= 0.6 is 12.2 Å². The van der Waals surface area contributed by atoms with Gasteiger partial charge in [0, 0.05) is 18.7 Å². The standard InChI is InChI=1S/C12H14N2O4S/c1-7-5-14(12(16)13-11(7)19)10-4-3-9(18-10)6-17-8(2)15/h3-5,9-10H,6H2,1-2H3,(H,13,16,19)/t9-,10+/m0/s1. The van der Waals surface area contributed by atoms with Gasteiger partial charge in [0.1, 0.15) is 17.4 Å². The highest BCUT2D eigenvalue weighted by Gasteiger charge is 2.22. The molecule has 0 amide bonds. The molecule has 0 saturated carbocycles. The number of nitrogens with zero attached hydrogens (tertiary/aromatic N) is 1. The Morgan fingerprint density at radius 1 is 1.58 bits per heavy atom. The second kappa shape index (κ2) is 5.50. The first-order valence-corrected chi connectivity index (χ1v) is 6.17. The Balaban J connectivity index is 2.12. The summed E-state index contributed by atoms with van der Waals surface area (Å²) in [5, 5.41) is 0. The molecule has 2 atom stereocenters. The number of carbonyl (C=O) groups is 1. The Morgan fingerprint density at radius 2 is 2.32 bits per heavy atom. The van der Waals surface area contributed by atoms with Gasteiger partial charge in [-0.3, -0.25) is 14.3 Å². The van der Waals surface area contributed by atoms with Gasteiger partial charge in [0.2, 0.25) is 0 Å². The number of carbonyl (C=O) groups excluding carboxylic acids is 1. The van der Waals surface area contributed by atoms with E-state index in [-0.39, 0.29) is 24.4 Å². The molecule has 19 heavy (non-hydrogen) atoms. The number of H-pyrrole nitrogens is 1. The van der Waals surface area contributed by atoms with Crippen molar-refractivity contribution in [2.75, 3.05) is 6.61 Å². The maximum absolute atomic E-state index is 11.8. The zero-order valence-electron chi connectivity index (χ0n) is 10.6. The number of aromatic nitrogens is 2. The zero-order valence-corrected chi connectivity index (χ0v) is 11.4. The number of ether oxygens (including phenoxy) is 2. The van der Waals surface area contributed by atoms with Crippen molar-refractivity contribution in [1.82, 2.24) is 9.55 Å². The smallest absolute Gasteiger partial charge is 0.328 e. The van der Waals surface area contributed by atoms with Gasteiger partial charge in [-0.15, -0.1) is 0 Å². The fourth-order valence-corrected chi connectivity index (χ4v) is 1.86. The van der Waals surface area contributed by atoms with E-state index in [9.17, 15) is 9.59 Å². The highest BCUT2D eigenvalue weighted by Crippen LogP contribution is 2.20. The lowest BCUT2D eigenvalue weighted by molar-refractivity contribution is -0.145. The number of aromatic amines is 1. The molecule has 0 unspecified atom stereocenters. The summed E-state index contributed by atoms with van der Waals surface area (Å²) in [6.07, 6.45) is 4.29. The number of nitrogens with one attached hydrogen (secondary N) is 1. The first-order valence-electron chi connectivity index (χ1n) is 5.76. The molecule has 0 radical (unpaired) electrons. The lowest BCUT2D eigenvalue weighted by Crippen LogP contribution is -2.28. The number of hydrogen-bond acceptors (Lipinski definition) is 5. The Morgan fingerprint density at radius 3 is 3.00 bits per heavy atom. The van der Waals surface area contributed by atoms with E-state index in [1.807, 2.05) is 6.92 Å². The van der Waals surface area contributed by atoms with E-state index in [1.54, 1.807) is 18.3 Å². The summed E-state index contributed by atoms with van der Waals surface area (Å²) in [5.74, 6) is -0.364. The lowest BCUT2D eigenvalue weighted by atomic mass is 10.3. The molecule has 7 heteroatoms. The minimum atomic E-state index is -0.515. The molecule has 1 aliphatic heterocycles. The molecule has 0 aliphatic carbocycles. The minimum Gasteiger partial charge on any atom is -0.463 e. The largest absolute Gasteiger partial charge is 0.463 e. The monoisotopic (exact) mass is 282 g/mol. The highest BCUT2D eigenvalue weighted by atomic mass is 32.1. The van der Waals surface area contributed by atoms with Gasteiger partial charge in [-0.1, -0.05) is 18.3 Å². The predicted molar refractivity (Wildman–Crippen MR) is 70.3 cm³/mol. The van der Waals surface area contributed by atoms with Gasteiger partial charge in [-0.2, -0.15) is 0 Å². The van der Waals surface area contributed by atoms with Crippen molar-refractivity contribution in [2.24, 2.45) is 0 Å². The molecule has 6 nitrogen and oxygen atoms in total. The number of aryl methyl sites for hydroxylation is 1. The third-order valence-electron chi connectivity index (χ3n) is 2.68. The van der Waals surface area contributed by atoms with Crippen molar-refractivity contribution in [3.63, 3.8) is 0 Å². The van der Waals surface area contributed by atoms with Crippen LogP contribution in [0, 0.1) is 11.6 Å². The molecule has 102 valence electrons. The quantitative estimate of drug-likeness (QED) is 0.513. The fourth-order valence-electron chi connectivity index (χ4n) is 1.72. The molecule has 0 saturated heterocycles. The summed E-state index contributed by atoms with van der Waals surface area (Å²) < 4.78 is 12.3. The summed E-state index contributed by atoms with van der Waals surface area (Å²) in [6.45, 7) is 3.28. The number of esters is 1. The van der Waals surface area contributed by atoms with Crippen LogP contribution in [0.25, 0.3) is 0 Å².